The Bertz CT molecular complexity index is 1090. The maximum atomic E-state index is 13.0. The molecule has 2 aliphatic rings. The van der Waals surface area contributed by atoms with E-state index in [1.807, 2.05) is 0 Å². The lowest BCUT2D eigenvalue weighted by molar-refractivity contribution is -0.140. The fraction of sp³-hybridized carbons (Fsp3) is 0.304. The van der Waals surface area contributed by atoms with Gasteiger partial charge in [-0.05, 0) is 35.9 Å². The number of Topliss-reactive ketones (excluding diaryl/α,β-unsaturated/α-hetero) is 1. The van der Waals surface area contributed by atoms with Gasteiger partial charge in [0, 0.05) is 19.2 Å². The Hall–Kier alpha value is -3.72. The summed E-state index contributed by atoms with van der Waals surface area (Å²) in [5.74, 6) is 0.122. The van der Waals surface area contributed by atoms with E-state index >= 15 is 0 Å². The molecule has 1 N–H and O–H groups in total. The standard InChI is InChI=1S/C23H23NO8/c1-28-9-8-24-20(13-4-6-15(29-2)17(10-13)30-3)19(22(26)23(24)27)21(25)14-5-7-16-18(11-14)32-12-31-16/h4-7,10-11,20,25H,8-9,12H2,1-3H3/b21-19+. The highest BCUT2D eigenvalue weighted by atomic mass is 16.7. The fourth-order valence-corrected chi connectivity index (χ4v) is 3.87. The van der Waals surface area contributed by atoms with E-state index in [2.05, 4.69) is 0 Å². The van der Waals surface area contributed by atoms with Crippen molar-refractivity contribution < 1.29 is 38.4 Å². The van der Waals surface area contributed by atoms with E-state index in [1.54, 1.807) is 36.4 Å². The molecule has 0 aromatic heterocycles. The van der Waals surface area contributed by atoms with Crippen LogP contribution in [0.3, 0.4) is 0 Å². The molecular formula is C23H23NO8. The Morgan fingerprint density at radius 1 is 1.03 bits per heavy atom. The molecule has 1 amide bonds. The number of hydrogen-bond donors (Lipinski definition) is 1. The van der Waals surface area contributed by atoms with E-state index in [-0.39, 0.29) is 31.3 Å². The summed E-state index contributed by atoms with van der Waals surface area (Å²) in [6, 6.07) is 9.08. The molecule has 0 aliphatic carbocycles. The van der Waals surface area contributed by atoms with Crippen molar-refractivity contribution in [3.05, 3.63) is 53.1 Å². The number of methoxy groups -OCH3 is 3. The van der Waals surface area contributed by atoms with E-state index < -0.39 is 17.7 Å². The molecule has 1 saturated heterocycles. The third-order valence-electron chi connectivity index (χ3n) is 5.45. The molecule has 1 fully saturated rings. The number of likely N-dealkylation sites (tertiary alicyclic amines) is 1. The summed E-state index contributed by atoms with van der Waals surface area (Å²) in [5.41, 5.74) is 0.891. The average molecular weight is 441 g/mol. The number of benzene rings is 2. The first-order chi connectivity index (χ1) is 15.5. The SMILES string of the molecule is COCCN1C(=O)C(=O)/C(=C(/O)c2ccc3c(c2)OCO3)C1c1ccc(OC)c(OC)c1. The highest BCUT2D eigenvalue weighted by Crippen LogP contribution is 2.43. The second-order valence-corrected chi connectivity index (χ2v) is 7.17. The average Bonchev–Trinajstić information content (AvgIpc) is 3.39. The summed E-state index contributed by atoms with van der Waals surface area (Å²) in [4.78, 5) is 27.3. The van der Waals surface area contributed by atoms with Crippen LogP contribution in [-0.2, 0) is 14.3 Å². The predicted octanol–water partition coefficient (Wildman–Crippen LogP) is 2.50. The minimum atomic E-state index is -0.838. The van der Waals surface area contributed by atoms with Crippen molar-refractivity contribution in [3.63, 3.8) is 0 Å². The molecule has 168 valence electrons. The van der Waals surface area contributed by atoms with Crippen molar-refractivity contribution in [2.24, 2.45) is 0 Å². The zero-order valence-electron chi connectivity index (χ0n) is 17.9. The molecule has 9 heteroatoms. The number of carbonyl (C=O) groups is 2. The molecular weight excluding hydrogens is 418 g/mol. The maximum Gasteiger partial charge on any atom is 0.295 e. The van der Waals surface area contributed by atoms with Gasteiger partial charge in [0.05, 0.1) is 32.4 Å². The highest BCUT2D eigenvalue weighted by molar-refractivity contribution is 6.46. The summed E-state index contributed by atoms with van der Waals surface area (Å²) in [5, 5.41) is 11.1. The topological polar surface area (TPSA) is 104 Å². The zero-order valence-corrected chi connectivity index (χ0v) is 17.9. The molecule has 0 saturated carbocycles. The smallest absolute Gasteiger partial charge is 0.295 e. The molecule has 0 radical (unpaired) electrons. The molecule has 32 heavy (non-hydrogen) atoms. The predicted molar refractivity (Wildman–Crippen MR) is 113 cm³/mol. The van der Waals surface area contributed by atoms with Gasteiger partial charge in [0.1, 0.15) is 5.76 Å². The first-order valence-electron chi connectivity index (χ1n) is 9.89. The summed E-state index contributed by atoms with van der Waals surface area (Å²) in [7, 11) is 4.52. The summed E-state index contributed by atoms with van der Waals surface area (Å²) in [6.45, 7) is 0.464. The lowest BCUT2D eigenvalue weighted by Gasteiger charge is -2.25. The van der Waals surface area contributed by atoms with E-state index in [1.165, 1.54) is 26.2 Å². The van der Waals surface area contributed by atoms with Crippen LogP contribution in [0.4, 0.5) is 0 Å². The Balaban J connectivity index is 1.86. The molecule has 2 aliphatic heterocycles. The van der Waals surface area contributed by atoms with Gasteiger partial charge in [-0.25, -0.2) is 0 Å². The van der Waals surface area contributed by atoms with Crippen molar-refractivity contribution in [2.75, 3.05) is 41.3 Å². The summed E-state index contributed by atoms with van der Waals surface area (Å²) < 4.78 is 26.5. The van der Waals surface area contributed by atoms with Gasteiger partial charge in [0.15, 0.2) is 23.0 Å². The number of carbonyl (C=O) groups excluding carboxylic acids is 2. The maximum absolute atomic E-state index is 13.0. The third kappa shape index (κ3) is 3.60. The Morgan fingerprint density at radius 2 is 1.78 bits per heavy atom. The molecule has 1 unspecified atom stereocenters. The van der Waals surface area contributed by atoms with Gasteiger partial charge in [-0.15, -0.1) is 0 Å². The highest BCUT2D eigenvalue weighted by Gasteiger charge is 2.46. The largest absolute Gasteiger partial charge is 0.507 e. The third-order valence-corrected chi connectivity index (χ3v) is 5.45. The number of ether oxygens (including phenoxy) is 5. The number of fused-ring (bicyclic) bond motifs is 1. The number of nitrogens with zero attached hydrogens (tertiary/aromatic N) is 1. The number of ketones is 1. The van der Waals surface area contributed by atoms with E-state index in [9.17, 15) is 14.7 Å². The minimum Gasteiger partial charge on any atom is -0.507 e. The quantitative estimate of drug-likeness (QED) is 0.397. The van der Waals surface area contributed by atoms with Gasteiger partial charge in [0.25, 0.3) is 11.7 Å². The molecule has 0 spiro atoms. The normalized spacial score (nSPS) is 18.8. The molecule has 1 atom stereocenters. The lowest BCUT2D eigenvalue weighted by Crippen LogP contribution is -2.32. The Labute approximate surface area is 184 Å². The summed E-state index contributed by atoms with van der Waals surface area (Å²) in [6.07, 6.45) is 0. The van der Waals surface area contributed by atoms with Crippen LogP contribution in [0, 0.1) is 0 Å². The fourth-order valence-electron chi connectivity index (χ4n) is 3.87. The van der Waals surface area contributed by atoms with Gasteiger partial charge in [-0.2, -0.15) is 0 Å². The van der Waals surface area contributed by atoms with Crippen molar-refractivity contribution in [3.8, 4) is 23.0 Å². The van der Waals surface area contributed by atoms with Gasteiger partial charge >= 0.3 is 0 Å². The van der Waals surface area contributed by atoms with Crippen LogP contribution < -0.4 is 18.9 Å². The second-order valence-electron chi connectivity index (χ2n) is 7.17. The van der Waals surface area contributed by atoms with Crippen molar-refractivity contribution in [1.29, 1.82) is 0 Å². The van der Waals surface area contributed by atoms with Gasteiger partial charge in [-0.1, -0.05) is 6.07 Å². The van der Waals surface area contributed by atoms with Crippen molar-refractivity contribution in [1.82, 2.24) is 4.90 Å². The van der Waals surface area contributed by atoms with Crippen LogP contribution >= 0.6 is 0 Å². The van der Waals surface area contributed by atoms with Crippen molar-refractivity contribution in [2.45, 2.75) is 6.04 Å². The molecule has 2 aromatic carbocycles. The van der Waals surface area contributed by atoms with Crippen LogP contribution in [0.2, 0.25) is 0 Å². The first-order valence-corrected chi connectivity index (χ1v) is 9.89. The molecule has 2 aromatic rings. The summed E-state index contributed by atoms with van der Waals surface area (Å²) >= 11 is 0. The molecule has 9 nitrogen and oxygen atoms in total. The number of rotatable bonds is 7. The van der Waals surface area contributed by atoms with Crippen LogP contribution in [0.25, 0.3) is 5.76 Å². The minimum absolute atomic E-state index is 0.0304. The number of aliphatic hydroxyl groups excluding tert-OH is 1. The van der Waals surface area contributed by atoms with Crippen LogP contribution in [0.1, 0.15) is 17.2 Å². The van der Waals surface area contributed by atoms with E-state index in [0.29, 0.717) is 34.1 Å². The van der Waals surface area contributed by atoms with Crippen LogP contribution in [0.5, 0.6) is 23.0 Å². The zero-order chi connectivity index (χ0) is 22.8. The van der Waals surface area contributed by atoms with Gasteiger partial charge in [0.2, 0.25) is 6.79 Å². The van der Waals surface area contributed by atoms with Crippen LogP contribution in [0.15, 0.2) is 42.0 Å². The molecule has 0 bridgehead atoms. The Kier molecular flexibility index (Phi) is 5.91. The van der Waals surface area contributed by atoms with E-state index in [0.717, 1.165) is 0 Å². The lowest BCUT2D eigenvalue weighted by atomic mass is 9.95. The first kappa shape index (κ1) is 21.5. The van der Waals surface area contributed by atoms with Crippen molar-refractivity contribution >= 4 is 17.4 Å². The number of hydrogen-bond acceptors (Lipinski definition) is 8. The van der Waals surface area contributed by atoms with Gasteiger partial charge in [-0.3, -0.25) is 9.59 Å². The van der Waals surface area contributed by atoms with Gasteiger partial charge < -0.3 is 33.7 Å². The molecule has 2 heterocycles. The van der Waals surface area contributed by atoms with Crippen LogP contribution in [-0.4, -0.2) is 63.0 Å². The Morgan fingerprint density at radius 3 is 2.50 bits per heavy atom. The number of amides is 1. The molecule has 4 rings (SSSR count). The second kappa shape index (κ2) is 8.80. The monoisotopic (exact) mass is 441 g/mol. The number of aliphatic hydroxyl groups is 1. The van der Waals surface area contributed by atoms with E-state index in [4.69, 9.17) is 23.7 Å².